The molecule has 6 heteroatoms. The van der Waals surface area contributed by atoms with Crippen LogP contribution in [0.2, 0.25) is 0 Å². The zero-order valence-electron chi connectivity index (χ0n) is 15.7. The van der Waals surface area contributed by atoms with E-state index in [1.807, 2.05) is 30.1 Å². The Kier molecular flexibility index (Phi) is 5.21. The van der Waals surface area contributed by atoms with E-state index in [9.17, 15) is 9.18 Å². The predicted molar refractivity (Wildman–Crippen MR) is 105 cm³/mol. The molecule has 1 amide bonds. The third kappa shape index (κ3) is 3.55. The number of hydrogen-bond donors (Lipinski definition) is 1. The molecule has 0 bridgehead atoms. The van der Waals surface area contributed by atoms with Crippen molar-refractivity contribution in [1.82, 2.24) is 15.2 Å². The van der Waals surface area contributed by atoms with Crippen LogP contribution >= 0.6 is 0 Å². The van der Waals surface area contributed by atoms with Crippen molar-refractivity contribution in [2.24, 2.45) is 0 Å². The number of benzene rings is 2. The van der Waals surface area contributed by atoms with Crippen LogP contribution in [0.15, 0.2) is 59.1 Å². The molecule has 1 aliphatic rings. The molecule has 0 saturated carbocycles. The zero-order chi connectivity index (χ0) is 19.5. The van der Waals surface area contributed by atoms with Gasteiger partial charge in [-0.25, -0.2) is 9.37 Å². The second kappa shape index (κ2) is 7.94. The van der Waals surface area contributed by atoms with Gasteiger partial charge in [0.25, 0.3) is 5.91 Å². The van der Waals surface area contributed by atoms with Gasteiger partial charge in [0.1, 0.15) is 5.82 Å². The number of piperidine rings is 1. The van der Waals surface area contributed by atoms with Crippen molar-refractivity contribution in [3.05, 3.63) is 66.1 Å². The summed E-state index contributed by atoms with van der Waals surface area (Å²) in [6, 6.07) is 14.1. The average Bonchev–Trinajstić information content (AvgIpc) is 3.23. The minimum absolute atomic E-state index is 0.0317. The summed E-state index contributed by atoms with van der Waals surface area (Å²) in [5.74, 6) is 0.246. The standard InChI is InChI=1S/C22H22FN3O2/c1-24-15-10-12-26(13-11-15)22(27)17-7-3-2-6-16(17)21-25-14-20(28-21)18-8-4-5-9-19(18)23/h2-9,14-15,24H,10-13H2,1H3. The van der Waals surface area contributed by atoms with Gasteiger partial charge < -0.3 is 14.6 Å². The maximum atomic E-state index is 14.0. The van der Waals surface area contributed by atoms with E-state index < -0.39 is 0 Å². The molecule has 1 aromatic heterocycles. The van der Waals surface area contributed by atoms with Crippen LogP contribution in [0.1, 0.15) is 23.2 Å². The van der Waals surface area contributed by atoms with E-state index in [-0.39, 0.29) is 11.7 Å². The maximum absolute atomic E-state index is 14.0. The van der Waals surface area contributed by atoms with Gasteiger partial charge in [0.2, 0.25) is 5.89 Å². The molecule has 2 aromatic carbocycles. The molecule has 0 radical (unpaired) electrons. The minimum atomic E-state index is -0.373. The largest absolute Gasteiger partial charge is 0.436 e. The van der Waals surface area contributed by atoms with Crippen molar-refractivity contribution in [2.75, 3.05) is 20.1 Å². The highest BCUT2D eigenvalue weighted by Gasteiger charge is 2.25. The Morgan fingerprint density at radius 2 is 1.79 bits per heavy atom. The van der Waals surface area contributed by atoms with E-state index in [4.69, 9.17) is 4.42 Å². The molecule has 1 saturated heterocycles. The third-order valence-corrected chi connectivity index (χ3v) is 5.22. The molecule has 3 aromatic rings. The van der Waals surface area contributed by atoms with Gasteiger partial charge in [0.15, 0.2) is 5.76 Å². The Hall–Kier alpha value is -2.99. The number of amides is 1. The predicted octanol–water partition coefficient (Wildman–Crippen LogP) is 3.97. The average molecular weight is 379 g/mol. The normalized spacial score (nSPS) is 15.0. The Morgan fingerprint density at radius 3 is 2.50 bits per heavy atom. The van der Waals surface area contributed by atoms with Gasteiger partial charge in [-0.1, -0.05) is 24.3 Å². The fourth-order valence-electron chi connectivity index (χ4n) is 3.58. The number of nitrogens with one attached hydrogen (secondary N) is 1. The lowest BCUT2D eigenvalue weighted by Gasteiger charge is -2.32. The molecular weight excluding hydrogens is 357 g/mol. The Bertz CT molecular complexity index is 977. The summed E-state index contributed by atoms with van der Waals surface area (Å²) in [7, 11) is 1.95. The molecule has 1 aliphatic heterocycles. The molecule has 2 heterocycles. The molecule has 0 atom stereocenters. The lowest BCUT2D eigenvalue weighted by atomic mass is 10.0. The summed E-state index contributed by atoms with van der Waals surface area (Å²) in [6.07, 6.45) is 3.36. The number of carbonyl (C=O) groups excluding carboxylic acids is 1. The molecule has 5 nitrogen and oxygen atoms in total. The molecule has 1 fully saturated rings. The molecule has 0 spiro atoms. The number of halogens is 1. The SMILES string of the molecule is CNC1CCN(C(=O)c2ccccc2-c2ncc(-c3ccccc3F)o2)CC1. The summed E-state index contributed by atoms with van der Waals surface area (Å²) < 4.78 is 19.9. The summed E-state index contributed by atoms with van der Waals surface area (Å²) >= 11 is 0. The zero-order valence-corrected chi connectivity index (χ0v) is 15.7. The number of aromatic nitrogens is 1. The van der Waals surface area contributed by atoms with E-state index in [0.29, 0.717) is 47.5 Å². The number of rotatable bonds is 4. The monoisotopic (exact) mass is 379 g/mol. The molecule has 144 valence electrons. The van der Waals surface area contributed by atoms with Crippen molar-refractivity contribution >= 4 is 5.91 Å². The van der Waals surface area contributed by atoms with E-state index in [2.05, 4.69) is 10.3 Å². The quantitative estimate of drug-likeness (QED) is 0.745. The smallest absolute Gasteiger partial charge is 0.254 e. The lowest BCUT2D eigenvalue weighted by Crippen LogP contribution is -2.44. The first-order chi connectivity index (χ1) is 13.7. The van der Waals surface area contributed by atoms with Crippen LogP contribution in [-0.2, 0) is 0 Å². The van der Waals surface area contributed by atoms with E-state index in [0.717, 1.165) is 12.8 Å². The second-order valence-corrected chi connectivity index (χ2v) is 6.91. The summed E-state index contributed by atoms with van der Waals surface area (Å²) in [6.45, 7) is 1.43. The lowest BCUT2D eigenvalue weighted by molar-refractivity contribution is 0.0708. The van der Waals surface area contributed by atoms with Gasteiger partial charge >= 0.3 is 0 Å². The highest BCUT2D eigenvalue weighted by Crippen LogP contribution is 2.30. The van der Waals surface area contributed by atoms with E-state index in [1.54, 1.807) is 24.3 Å². The van der Waals surface area contributed by atoms with Gasteiger partial charge in [0.05, 0.1) is 17.3 Å². The number of oxazole rings is 1. The highest BCUT2D eigenvalue weighted by atomic mass is 19.1. The summed E-state index contributed by atoms with van der Waals surface area (Å²) in [5, 5.41) is 3.27. The Labute approximate surface area is 163 Å². The fraction of sp³-hybridized carbons (Fsp3) is 0.273. The minimum Gasteiger partial charge on any atom is -0.436 e. The van der Waals surface area contributed by atoms with Crippen LogP contribution in [0.25, 0.3) is 22.8 Å². The molecule has 4 rings (SSSR count). The van der Waals surface area contributed by atoms with Crippen LogP contribution in [0, 0.1) is 5.82 Å². The van der Waals surface area contributed by atoms with Crippen LogP contribution in [-0.4, -0.2) is 42.0 Å². The fourth-order valence-corrected chi connectivity index (χ4v) is 3.58. The van der Waals surface area contributed by atoms with Crippen molar-refractivity contribution in [2.45, 2.75) is 18.9 Å². The third-order valence-electron chi connectivity index (χ3n) is 5.22. The van der Waals surface area contributed by atoms with Crippen molar-refractivity contribution in [1.29, 1.82) is 0 Å². The van der Waals surface area contributed by atoms with Gasteiger partial charge in [-0.3, -0.25) is 4.79 Å². The number of likely N-dealkylation sites (tertiary alicyclic amines) is 1. The Morgan fingerprint density at radius 1 is 1.11 bits per heavy atom. The molecule has 0 unspecified atom stereocenters. The topological polar surface area (TPSA) is 58.4 Å². The highest BCUT2D eigenvalue weighted by molar-refractivity contribution is 6.00. The van der Waals surface area contributed by atoms with E-state index in [1.165, 1.54) is 12.3 Å². The summed E-state index contributed by atoms with van der Waals surface area (Å²) in [5.41, 5.74) is 1.51. The molecule has 0 aliphatic carbocycles. The number of hydrogen-bond acceptors (Lipinski definition) is 4. The number of carbonyl (C=O) groups is 1. The van der Waals surface area contributed by atoms with E-state index >= 15 is 0 Å². The molecule has 28 heavy (non-hydrogen) atoms. The van der Waals surface area contributed by atoms with Gasteiger partial charge in [-0.15, -0.1) is 0 Å². The maximum Gasteiger partial charge on any atom is 0.254 e. The van der Waals surface area contributed by atoms with Crippen molar-refractivity contribution in [3.8, 4) is 22.8 Å². The Balaban J connectivity index is 1.62. The van der Waals surface area contributed by atoms with Crippen LogP contribution in [0.4, 0.5) is 4.39 Å². The first-order valence-corrected chi connectivity index (χ1v) is 9.44. The van der Waals surface area contributed by atoms with Gasteiger partial charge in [0, 0.05) is 24.7 Å². The first-order valence-electron chi connectivity index (χ1n) is 9.44. The van der Waals surface area contributed by atoms with Gasteiger partial charge in [-0.2, -0.15) is 0 Å². The van der Waals surface area contributed by atoms with Gasteiger partial charge in [-0.05, 0) is 44.2 Å². The molecular formula is C22H22FN3O2. The second-order valence-electron chi connectivity index (χ2n) is 6.91. The van der Waals surface area contributed by atoms with Crippen LogP contribution in [0.3, 0.4) is 0 Å². The van der Waals surface area contributed by atoms with Crippen LogP contribution < -0.4 is 5.32 Å². The van der Waals surface area contributed by atoms with Crippen molar-refractivity contribution in [3.63, 3.8) is 0 Å². The first kappa shape index (κ1) is 18.4. The van der Waals surface area contributed by atoms with Crippen LogP contribution in [0.5, 0.6) is 0 Å². The summed E-state index contributed by atoms with van der Waals surface area (Å²) in [4.78, 5) is 19.3. The molecule has 1 N–H and O–H groups in total. The van der Waals surface area contributed by atoms with Crippen molar-refractivity contribution < 1.29 is 13.6 Å². The number of nitrogens with zero attached hydrogens (tertiary/aromatic N) is 2.